The highest BCUT2D eigenvalue weighted by molar-refractivity contribution is 9.10. The molecule has 1 aromatic carbocycles. The van der Waals surface area contributed by atoms with Crippen LogP contribution in [-0.2, 0) is 6.54 Å². The monoisotopic (exact) mass is 353 g/mol. The number of benzene rings is 1. The van der Waals surface area contributed by atoms with Crippen molar-refractivity contribution in [1.29, 1.82) is 0 Å². The molecule has 1 aromatic rings. The molecule has 0 heterocycles. The second kappa shape index (κ2) is 7.88. The second-order valence-electron chi connectivity index (χ2n) is 4.60. The summed E-state index contributed by atoms with van der Waals surface area (Å²) >= 11 is 3.39. The van der Waals surface area contributed by atoms with E-state index in [-0.39, 0.29) is 6.61 Å². The van der Waals surface area contributed by atoms with E-state index in [9.17, 15) is 13.2 Å². The van der Waals surface area contributed by atoms with E-state index in [0.717, 1.165) is 28.6 Å². The molecule has 0 aliphatic carbocycles. The van der Waals surface area contributed by atoms with Crippen LogP contribution in [0.1, 0.15) is 30.9 Å². The number of ether oxygens (including phenoxy) is 1. The van der Waals surface area contributed by atoms with Gasteiger partial charge in [0, 0.05) is 16.6 Å². The third kappa shape index (κ3) is 6.13. The van der Waals surface area contributed by atoms with Crippen molar-refractivity contribution < 1.29 is 17.9 Å². The molecule has 6 heteroatoms. The molecular weight excluding hydrogens is 335 g/mol. The second-order valence-corrected chi connectivity index (χ2v) is 5.52. The molecule has 0 spiro atoms. The molecule has 0 saturated heterocycles. The molecular formula is C14H19BrF3NO. The average Bonchev–Trinajstić information content (AvgIpc) is 2.31. The van der Waals surface area contributed by atoms with Gasteiger partial charge in [0.25, 0.3) is 0 Å². The smallest absolute Gasteiger partial charge is 0.392 e. The molecule has 0 aromatic heterocycles. The number of alkyl halides is 3. The Labute approximate surface area is 125 Å². The van der Waals surface area contributed by atoms with Crippen molar-refractivity contribution in [3.05, 3.63) is 27.7 Å². The standard InChI is InChI=1S/C14H19BrF3NO/c1-3-5-19-9-11-8-12(15)7-10(2)13(11)20-6-4-14(16,17)18/h7-8,19H,3-6,9H2,1-2H3. The largest absolute Gasteiger partial charge is 0.493 e. The predicted molar refractivity (Wildman–Crippen MR) is 77.0 cm³/mol. The van der Waals surface area contributed by atoms with E-state index < -0.39 is 12.6 Å². The Bertz CT molecular complexity index is 435. The molecule has 2 nitrogen and oxygen atoms in total. The highest BCUT2D eigenvalue weighted by atomic mass is 79.9. The van der Waals surface area contributed by atoms with Crippen LogP contribution >= 0.6 is 15.9 Å². The van der Waals surface area contributed by atoms with Crippen LogP contribution in [0.5, 0.6) is 5.75 Å². The third-order valence-electron chi connectivity index (χ3n) is 2.69. The molecule has 0 atom stereocenters. The lowest BCUT2D eigenvalue weighted by atomic mass is 10.1. The summed E-state index contributed by atoms with van der Waals surface area (Å²) in [6.07, 6.45) is -4.13. The Morgan fingerprint density at radius 1 is 1.30 bits per heavy atom. The molecule has 0 bridgehead atoms. The van der Waals surface area contributed by atoms with Gasteiger partial charge in [0.15, 0.2) is 0 Å². The fourth-order valence-electron chi connectivity index (χ4n) is 1.81. The van der Waals surface area contributed by atoms with Gasteiger partial charge in [-0.2, -0.15) is 13.2 Å². The minimum atomic E-state index is -4.19. The van der Waals surface area contributed by atoms with E-state index in [0.29, 0.717) is 12.3 Å². The Hall–Kier alpha value is -0.750. The fourth-order valence-corrected chi connectivity index (χ4v) is 2.43. The summed E-state index contributed by atoms with van der Waals surface area (Å²) in [5, 5.41) is 3.23. The number of hydrogen-bond donors (Lipinski definition) is 1. The van der Waals surface area contributed by atoms with E-state index in [1.54, 1.807) is 0 Å². The van der Waals surface area contributed by atoms with Crippen LogP contribution < -0.4 is 10.1 Å². The zero-order valence-electron chi connectivity index (χ0n) is 11.6. The van der Waals surface area contributed by atoms with Crippen molar-refractivity contribution in [3.63, 3.8) is 0 Å². The summed E-state index contributed by atoms with van der Waals surface area (Å²) in [6, 6.07) is 3.71. The zero-order valence-corrected chi connectivity index (χ0v) is 13.2. The number of rotatable bonds is 7. The minimum absolute atomic E-state index is 0.354. The summed E-state index contributed by atoms with van der Waals surface area (Å²) in [5.41, 5.74) is 1.70. The minimum Gasteiger partial charge on any atom is -0.493 e. The van der Waals surface area contributed by atoms with Gasteiger partial charge < -0.3 is 10.1 Å². The highest BCUT2D eigenvalue weighted by Gasteiger charge is 2.27. The first-order valence-corrected chi connectivity index (χ1v) is 7.32. The van der Waals surface area contributed by atoms with E-state index in [2.05, 4.69) is 28.2 Å². The summed E-state index contributed by atoms with van der Waals surface area (Å²) in [5.74, 6) is 0.543. The molecule has 0 aliphatic rings. The molecule has 0 fully saturated rings. The maximum Gasteiger partial charge on any atom is 0.392 e. The summed E-state index contributed by atoms with van der Waals surface area (Å²) in [4.78, 5) is 0. The molecule has 0 unspecified atom stereocenters. The molecule has 0 radical (unpaired) electrons. The first-order valence-electron chi connectivity index (χ1n) is 6.52. The lowest BCUT2D eigenvalue weighted by Gasteiger charge is -2.16. The molecule has 20 heavy (non-hydrogen) atoms. The van der Waals surface area contributed by atoms with Crippen LogP contribution in [0, 0.1) is 6.92 Å². The maximum atomic E-state index is 12.2. The summed E-state index contributed by atoms with van der Waals surface area (Å²) in [7, 11) is 0. The molecule has 1 rings (SSSR count). The van der Waals surface area contributed by atoms with E-state index in [1.807, 2.05) is 19.1 Å². The van der Waals surface area contributed by atoms with Crippen LogP contribution in [-0.4, -0.2) is 19.3 Å². The Morgan fingerprint density at radius 2 is 2.00 bits per heavy atom. The Balaban J connectivity index is 2.75. The quantitative estimate of drug-likeness (QED) is 0.724. The van der Waals surface area contributed by atoms with Crippen molar-refractivity contribution in [2.24, 2.45) is 0 Å². The van der Waals surface area contributed by atoms with Gasteiger partial charge in [-0.1, -0.05) is 22.9 Å². The average molecular weight is 354 g/mol. The van der Waals surface area contributed by atoms with E-state index in [1.165, 1.54) is 0 Å². The lowest BCUT2D eigenvalue weighted by molar-refractivity contribution is -0.139. The van der Waals surface area contributed by atoms with Gasteiger partial charge >= 0.3 is 6.18 Å². The Morgan fingerprint density at radius 3 is 2.60 bits per heavy atom. The summed E-state index contributed by atoms with van der Waals surface area (Å²) < 4.78 is 42.8. The van der Waals surface area contributed by atoms with Gasteiger partial charge in [-0.25, -0.2) is 0 Å². The topological polar surface area (TPSA) is 21.3 Å². The van der Waals surface area contributed by atoms with Crippen molar-refractivity contribution in [3.8, 4) is 5.75 Å². The van der Waals surface area contributed by atoms with Crippen LogP contribution in [0.15, 0.2) is 16.6 Å². The molecule has 0 saturated carbocycles. The van der Waals surface area contributed by atoms with Crippen LogP contribution in [0.3, 0.4) is 0 Å². The van der Waals surface area contributed by atoms with Gasteiger partial charge in [-0.3, -0.25) is 0 Å². The molecule has 114 valence electrons. The van der Waals surface area contributed by atoms with Crippen LogP contribution in [0.25, 0.3) is 0 Å². The van der Waals surface area contributed by atoms with Gasteiger partial charge in [0.1, 0.15) is 5.75 Å². The number of halogens is 4. The predicted octanol–water partition coefficient (Wildman–Crippen LogP) is 4.59. The first kappa shape index (κ1) is 17.3. The van der Waals surface area contributed by atoms with E-state index in [4.69, 9.17) is 4.74 Å². The lowest BCUT2D eigenvalue weighted by Crippen LogP contribution is -2.17. The maximum absolute atomic E-state index is 12.2. The summed E-state index contributed by atoms with van der Waals surface area (Å²) in [6.45, 7) is 4.96. The first-order chi connectivity index (χ1) is 9.33. The molecule has 1 N–H and O–H groups in total. The number of aryl methyl sites for hydroxylation is 1. The highest BCUT2D eigenvalue weighted by Crippen LogP contribution is 2.29. The van der Waals surface area contributed by atoms with Gasteiger partial charge in [0.2, 0.25) is 0 Å². The fraction of sp³-hybridized carbons (Fsp3) is 0.571. The normalized spacial score (nSPS) is 11.7. The van der Waals surface area contributed by atoms with Gasteiger partial charge in [0.05, 0.1) is 13.0 Å². The van der Waals surface area contributed by atoms with Crippen LogP contribution in [0.2, 0.25) is 0 Å². The molecule has 0 aliphatic heterocycles. The van der Waals surface area contributed by atoms with Crippen molar-refractivity contribution in [1.82, 2.24) is 5.32 Å². The third-order valence-corrected chi connectivity index (χ3v) is 3.15. The van der Waals surface area contributed by atoms with Crippen LogP contribution in [0.4, 0.5) is 13.2 Å². The Kier molecular flexibility index (Phi) is 6.82. The number of nitrogens with one attached hydrogen (secondary N) is 1. The van der Waals surface area contributed by atoms with E-state index >= 15 is 0 Å². The van der Waals surface area contributed by atoms with Crippen molar-refractivity contribution in [2.75, 3.05) is 13.2 Å². The zero-order chi connectivity index (χ0) is 15.2. The van der Waals surface area contributed by atoms with Gasteiger partial charge in [-0.15, -0.1) is 0 Å². The van der Waals surface area contributed by atoms with Crippen molar-refractivity contribution in [2.45, 2.75) is 39.4 Å². The molecule has 0 amide bonds. The SMILES string of the molecule is CCCNCc1cc(Br)cc(C)c1OCCC(F)(F)F. The van der Waals surface area contributed by atoms with Crippen molar-refractivity contribution >= 4 is 15.9 Å². The number of hydrogen-bond acceptors (Lipinski definition) is 2. The van der Waals surface area contributed by atoms with Gasteiger partial charge in [-0.05, 0) is 37.6 Å².